The van der Waals surface area contributed by atoms with Crippen LogP contribution in [-0.4, -0.2) is 87.1 Å². The Bertz CT molecular complexity index is 1150. The van der Waals surface area contributed by atoms with E-state index in [0.717, 1.165) is 75.1 Å². The molecular weight excluding hydrogens is 444 g/mol. The van der Waals surface area contributed by atoms with E-state index in [1.54, 1.807) is 7.05 Å². The second-order valence-electron chi connectivity index (χ2n) is 9.83. The summed E-state index contributed by atoms with van der Waals surface area (Å²) in [6, 6.07) is 8.55. The number of hydrogen-bond acceptors (Lipinski definition) is 7. The first kappa shape index (κ1) is 23.3. The molecule has 0 radical (unpaired) electrons. The number of carboxylic acid groups (broad SMARTS) is 1. The van der Waals surface area contributed by atoms with Crippen LogP contribution in [0, 0.1) is 5.92 Å². The van der Waals surface area contributed by atoms with Crippen LogP contribution in [0.2, 0.25) is 0 Å². The molecule has 35 heavy (non-hydrogen) atoms. The van der Waals surface area contributed by atoms with Crippen molar-refractivity contribution < 1.29 is 9.90 Å². The molecule has 0 spiro atoms. The van der Waals surface area contributed by atoms with Crippen molar-refractivity contribution in [3.63, 3.8) is 0 Å². The van der Waals surface area contributed by atoms with Gasteiger partial charge in [0, 0.05) is 63.4 Å². The number of amides is 1. The summed E-state index contributed by atoms with van der Waals surface area (Å²) in [4.78, 5) is 26.7. The lowest BCUT2D eigenvalue weighted by atomic mass is 9.85. The second-order valence-corrected chi connectivity index (χ2v) is 9.83. The zero-order valence-corrected chi connectivity index (χ0v) is 20.5. The Morgan fingerprint density at radius 3 is 2.49 bits per heavy atom. The fourth-order valence-electron chi connectivity index (χ4n) is 5.13. The molecule has 2 N–H and O–H groups in total. The third-order valence-corrected chi connectivity index (χ3v) is 7.47. The molecule has 1 aliphatic carbocycles. The molecule has 1 aliphatic heterocycles. The van der Waals surface area contributed by atoms with Crippen LogP contribution < -0.4 is 10.2 Å². The molecule has 2 aromatic heterocycles. The van der Waals surface area contributed by atoms with Crippen molar-refractivity contribution >= 4 is 34.4 Å². The molecule has 0 unspecified atom stereocenters. The SMILES string of the molecule is CN1CCN(c2ccc(Nc3ncc4cnn(CC5CCC(N(C)C(=O)O)CC5)c4n3)cc2)CC1. The second kappa shape index (κ2) is 10.1. The Kier molecular flexibility index (Phi) is 6.72. The maximum absolute atomic E-state index is 11.2. The molecule has 2 fully saturated rings. The molecule has 1 aromatic carbocycles. The molecule has 5 rings (SSSR count). The van der Waals surface area contributed by atoms with Crippen LogP contribution in [-0.2, 0) is 6.54 Å². The van der Waals surface area contributed by atoms with Crippen LogP contribution in [0.25, 0.3) is 11.0 Å². The third kappa shape index (κ3) is 5.32. The number of rotatable bonds is 6. The molecule has 0 bridgehead atoms. The van der Waals surface area contributed by atoms with Gasteiger partial charge >= 0.3 is 6.09 Å². The van der Waals surface area contributed by atoms with Gasteiger partial charge in [-0.2, -0.15) is 10.1 Å². The number of benzene rings is 1. The minimum atomic E-state index is -0.850. The highest BCUT2D eigenvalue weighted by Gasteiger charge is 2.27. The number of piperazine rings is 1. The first-order valence-electron chi connectivity index (χ1n) is 12.4. The highest BCUT2D eigenvalue weighted by atomic mass is 16.4. The maximum atomic E-state index is 11.2. The van der Waals surface area contributed by atoms with E-state index in [1.165, 1.54) is 10.6 Å². The summed E-state index contributed by atoms with van der Waals surface area (Å²) in [5, 5.41) is 18.0. The van der Waals surface area contributed by atoms with E-state index in [-0.39, 0.29) is 6.04 Å². The maximum Gasteiger partial charge on any atom is 0.407 e. The number of fused-ring (bicyclic) bond motifs is 1. The largest absolute Gasteiger partial charge is 0.465 e. The van der Waals surface area contributed by atoms with Crippen molar-refractivity contribution in [2.24, 2.45) is 5.92 Å². The van der Waals surface area contributed by atoms with Gasteiger partial charge in [-0.25, -0.2) is 14.5 Å². The van der Waals surface area contributed by atoms with E-state index in [9.17, 15) is 9.90 Å². The van der Waals surface area contributed by atoms with Gasteiger partial charge in [-0.3, -0.25) is 0 Å². The standard InChI is InChI=1S/C25H34N8O2/c1-30-11-13-32(14-12-30)22-9-5-20(6-10-22)28-24-26-15-19-16-27-33(23(19)29-24)17-18-3-7-21(8-4-18)31(2)25(34)35/h5-6,9-10,15-16,18,21H,3-4,7-8,11-14,17H2,1-2H3,(H,34,35)(H,26,28,29). The zero-order chi connectivity index (χ0) is 24.4. The predicted molar refractivity (Wildman–Crippen MR) is 136 cm³/mol. The van der Waals surface area contributed by atoms with Crippen LogP contribution >= 0.6 is 0 Å². The average molecular weight is 479 g/mol. The number of carbonyl (C=O) groups is 1. The van der Waals surface area contributed by atoms with Crippen molar-refractivity contribution in [2.45, 2.75) is 38.3 Å². The van der Waals surface area contributed by atoms with Crippen LogP contribution in [0.15, 0.2) is 36.7 Å². The van der Waals surface area contributed by atoms with Gasteiger partial charge in [0.1, 0.15) is 0 Å². The molecule has 3 aromatic rings. The highest BCUT2D eigenvalue weighted by Crippen LogP contribution is 2.29. The normalized spacial score (nSPS) is 21.3. The molecule has 1 saturated carbocycles. The van der Waals surface area contributed by atoms with Gasteiger partial charge in [-0.05, 0) is 62.9 Å². The molecule has 2 aliphatic rings. The smallest absolute Gasteiger partial charge is 0.407 e. The number of anilines is 3. The molecular formula is C25H34N8O2. The van der Waals surface area contributed by atoms with Gasteiger partial charge in [-0.1, -0.05) is 0 Å². The van der Waals surface area contributed by atoms with E-state index in [2.05, 4.69) is 56.5 Å². The third-order valence-electron chi connectivity index (χ3n) is 7.47. The van der Waals surface area contributed by atoms with Crippen molar-refractivity contribution in [1.82, 2.24) is 29.5 Å². The highest BCUT2D eigenvalue weighted by molar-refractivity contribution is 5.75. The van der Waals surface area contributed by atoms with E-state index in [1.807, 2.05) is 17.1 Å². The van der Waals surface area contributed by atoms with E-state index in [4.69, 9.17) is 4.98 Å². The molecule has 186 valence electrons. The number of aromatic nitrogens is 4. The Labute approximate surface area is 205 Å². The lowest BCUT2D eigenvalue weighted by Gasteiger charge is -2.34. The van der Waals surface area contributed by atoms with Gasteiger partial charge in [0.25, 0.3) is 0 Å². The Morgan fingerprint density at radius 1 is 1.09 bits per heavy atom. The molecule has 1 saturated heterocycles. The summed E-state index contributed by atoms with van der Waals surface area (Å²) >= 11 is 0. The van der Waals surface area contributed by atoms with Gasteiger partial charge in [0.05, 0.1) is 11.6 Å². The van der Waals surface area contributed by atoms with Crippen molar-refractivity contribution in [2.75, 3.05) is 50.5 Å². The van der Waals surface area contributed by atoms with E-state index >= 15 is 0 Å². The summed E-state index contributed by atoms with van der Waals surface area (Å²) in [5.41, 5.74) is 3.01. The van der Waals surface area contributed by atoms with Crippen LogP contribution in [0.1, 0.15) is 25.7 Å². The number of nitrogens with zero attached hydrogens (tertiary/aromatic N) is 7. The van der Waals surface area contributed by atoms with Gasteiger partial charge in [0.2, 0.25) is 5.95 Å². The average Bonchev–Trinajstić information content (AvgIpc) is 3.27. The summed E-state index contributed by atoms with van der Waals surface area (Å²) in [5.74, 6) is 1.02. The number of likely N-dealkylation sites (N-methyl/N-ethyl adjacent to an activating group) is 1. The number of hydrogen-bond donors (Lipinski definition) is 2. The molecule has 0 atom stereocenters. The summed E-state index contributed by atoms with van der Waals surface area (Å²) in [6.07, 6.45) is 6.52. The summed E-state index contributed by atoms with van der Waals surface area (Å²) < 4.78 is 1.96. The monoisotopic (exact) mass is 478 g/mol. The predicted octanol–water partition coefficient (Wildman–Crippen LogP) is 3.49. The van der Waals surface area contributed by atoms with Crippen molar-refractivity contribution in [3.05, 3.63) is 36.7 Å². The minimum Gasteiger partial charge on any atom is -0.465 e. The van der Waals surface area contributed by atoms with Crippen molar-refractivity contribution in [1.29, 1.82) is 0 Å². The van der Waals surface area contributed by atoms with E-state index in [0.29, 0.717) is 11.9 Å². The topological polar surface area (TPSA) is 103 Å². The van der Waals surface area contributed by atoms with Crippen LogP contribution in [0.3, 0.4) is 0 Å². The number of nitrogens with one attached hydrogen (secondary N) is 1. The Morgan fingerprint density at radius 2 is 1.80 bits per heavy atom. The first-order valence-corrected chi connectivity index (χ1v) is 12.4. The molecule has 10 nitrogen and oxygen atoms in total. The van der Waals surface area contributed by atoms with Gasteiger partial charge in [-0.15, -0.1) is 0 Å². The van der Waals surface area contributed by atoms with Gasteiger partial charge in [0.15, 0.2) is 5.65 Å². The lowest BCUT2D eigenvalue weighted by molar-refractivity contribution is 0.116. The van der Waals surface area contributed by atoms with Crippen molar-refractivity contribution in [3.8, 4) is 0 Å². The summed E-state index contributed by atoms with van der Waals surface area (Å²) in [6.45, 7) is 5.05. The van der Waals surface area contributed by atoms with Gasteiger partial charge < -0.3 is 25.1 Å². The van der Waals surface area contributed by atoms with Crippen LogP contribution in [0.5, 0.6) is 0 Å². The lowest BCUT2D eigenvalue weighted by Crippen LogP contribution is -2.44. The zero-order valence-electron chi connectivity index (χ0n) is 20.5. The fourth-order valence-corrected chi connectivity index (χ4v) is 5.13. The Balaban J connectivity index is 1.22. The van der Waals surface area contributed by atoms with E-state index < -0.39 is 6.09 Å². The quantitative estimate of drug-likeness (QED) is 0.555. The molecule has 3 heterocycles. The molecule has 10 heteroatoms. The molecule has 1 amide bonds. The fraction of sp³-hybridized carbons (Fsp3) is 0.520. The summed E-state index contributed by atoms with van der Waals surface area (Å²) in [7, 11) is 3.83. The Hall–Kier alpha value is -3.40. The first-order chi connectivity index (χ1) is 17.0. The van der Waals surface area contributed by atoms with Crippen LogP contribution in [0.4, 0.5) is 22.1 Å². The minimum absolute atomic E-state index is 0.110.